The van der Waals surface area contributed by atoms with Crippen molar-refractivity contribution in [3.8, 4) is 11.3 Å². The number of piperazine rings is 1. The van der Waals surface area contributed by atoms with Gasteiger partial charge in [-0.05, 0) is 24.8 Å². The van der Waals surface area contributed by atoms with Crippen LogP contribution in [0.15, 0.2) is 67.0 Å². The van der Waals surface area contributed by atoms with Crippen molar-refractivity contribution in [2.45, 2.75) is 56.7 Å². The van der Waals surface area contributed by atoms with Gasteiger partial charge in [-0.2, -0.15) is 0 Å². The topological polar surface area (TPSA) is 98.9 Å². The molecule has 3 aromatic rings. The summed E-state index contributed by atoms with van der Waals surface area (Å²) in [6.07, 6.45) is 5.84. The maximum Gasteiger partial charge on any atom is 0.407 e. The first kappa shape index (κ1) is 25.0. The molecule has 2 aliphatic rings. The van der Waals surface area contributed by atoms with Crippen molar-refractivity contribution >= 4 is 12.0 Å². The number of rotatable bonds is 6. The summed E-state index contributed by atoms with van der Waals surface area (Å²) < 4.78 is 1.92. The highest BCUT2D eigenvalue weighted by Gasteiger charge is 2.36. The Morgan fingerprint density at radius 3 is 2.30 bits per heavy atom. The molecule has 1 saturated carbocycles. The molecule has 1 aromatic heterocycles. The number of carbonyl (C=O) groups excluding carboxylic acids is 1. The van der Waals surface area contributed by atoms with Crippen molar-refractivity contribution in [1.82, 2.24) is 19.4 Å². The fraction of sp³-hybridized carbons (Fsp3) is 0.414. The number of benzene rings is 2. The van der Waals surface area contributed by atoms with E-state index in [4.69, 9.17) is 0 Å². The second-order valence-electron chi connectivity index (χ2n) is 10.3. The summed E-state index contributed by atoms with van der Waals surface area (Å²) in [5, 5.41) is 20.9. The van der Waals surface area contributed by atoms with Gasteiger partial charge >= 0.3 is 6.09 Å². The molecule has 2 aromatic carbocycles. The zero-order valence-electron chi connectivity index (χ0n) is 21.0. The van der Waals surface area contributed by atoms with Gasteiger partial charge in [-0.3, -0.25) is 4.79 Å². The van der Waals surface area contributed by atoms with Gasteiger partial charge in [-0.1, -0.05) is 79.9 Å². The summed E-state index contributed by atoms with van der Waals surface area (Å²) in [4.78, 5) is 33.6. The lowest BCUT2D eigenvalue weighted by molar-refractivity contribution is -0.0111. The van der Waals surface area contributed by atoms with Gasteiger partial charge in [-0.25, -0.2) is 9.78 Å². The Morgan fingerprint density at radius 2 is 1.62 bits per heavy atom. The van der Waals surface area contributed by atoms with Gasteiger partial charge in [0.2, 0.25) is 0 Å². The summed E-state index contributed by atoms with van der Waals surface area (Å²) in [5.74, 6) is -0.209. The molecule has 0 spiro atoms. The van der Waals surface area contributed by atoms with E-state index in [9.17, 15) is 19.8 Å². The zero-order chi connectivity index (χ0) is 25.8. The molecule has 194 valence electrons. The van der Waals surface area contributed by atoms with Gasteiger partial charge in [0.1, 0.15) is 0 Å². The molecule has 5 rings (SSSR count). The third-order valence-electron chi connectivity index (χ3n) is 7.66. The number of imidazole rings is 1. The van der Waals surface area contributed by atoms with Crippen LogP contribution in [0.25, 0.3) is 11.3 Å². The Kier molecular flexibility index (Phi) is 7.28. The lowest BCUT2D eigenvalue weighted by Crippen LogP contribution is -2.57. The van der Waals surface area contributed by atoms with Crippen molar-refractivity contribution in [2.75, 3.05) is 19.6 Å². The molecular weight excluding hydrogens is 468 g/mol. The van der Waals surface area contributed by atoms with Crippen LogP contribution < -0.4 is 0 Å². The number of hydrogen-bond acceptors (Lipinski definition) is 4. The molecule has 2 heterocycles. The fourth-order valence-electron chi connectivity index (χ4n) is 5.74. The van der Waals surface area contributed by atoms with Gasteiger partial charge in [0.15, 0.2) is 5.69 Å². The van der Waals surface area contributed by atoms with Crippen molar-refractivity contribution < 1.29 is 19.8 Å². The van der Waals surface area contributed by atoms with Crippen LogP contribution in [0.3, 0.4) is 0 Å². The van der Waals surface area contributed by atoms with E-state index in [-0.39, 0.29) is 25.0 Å². The molecule has 0 radical (unpaired) electrons. The van der Waals surface area contributed by atoms with Crippen LogP contribution in [0.2, 0.25) is 0 Å². The SMILES string of the molecule is O=C(O)N1CCN(C(=O)c2ncn(CC3(O)CCCCC3)c2-c2ccccc2)[C@H](Cc2ccccc2)C1. The molecule has 37 heavy (non-hydrogen) atoms. The number of amides is 2. The minimum Gasteiger partial charge on any atom is -0.465 e. The van der Waals surface area contributed by atoms with Crippen LogP contribution in [0.1, 0.15) is 48.2 Å². The minimum absolute atomic E-state index is 0.209. The highest BCUT2D eigenvalue weighted by atomic mass is 16.4. The van der Waals surface area contributed by atoms with E-state index in [1.807, 2.05) is 65.2 Å². The highest BCUT2D eigenvalue weighted by Crippen LogP contribution is 2.33. The van der Waals surface area contributed by atoms with Gasteiger partial charge in [-0.15, -0.1) is 0 Å². The second kappa shape index (κ2) is 10.8. The normalized spacial score (nSPS) is 19.5. The van der Waals surface area contributed by atoms with Gasteiger partial charge in [0.05, 0.1) is 30.2 Å². The number of carboxylic acid groups (broad SMARTS) is 1. The first-order valence-electron chi connectivity index (χ1n) is 13.1. The highest BCUT2D eigenvalue weighted by molar-refractivity contribution is 5.98. The van der Waals surface area contributed by atoms with Crippen LogP contribution in [-0.4, -0.2) is 72.8 Å². The predicted octanol–water partition coefficient (Wildman–Crippen LogP) is 4.29. The third kappa shape index (κ3) is 5.54. The summed E-state index contributed by atoms with van der Waals surface area (Å²) >= 11 is 0. The van der Waals surface area contributed by atoms with Crippen LogP contribution in [0.4, 0.5) is 4.79 Å². The van der Waals surface area contributed by atoms with Gasteiger partial charge in [0, 0.05) is 25.2 Å². The Bertz CT molecular complexity index is 1220. The number of carbonyl (C=O) groups is 2. The van der Waals surface area contributed by atoms with Crippen LogP contribution in [0.5, 0.6) is 0 Å². The summed E-state index contributed by atoms with van der Waals surface area (Å²) in [6.45, 7) is 1.19. The van der Waals surface area contributed by atoms with E-state index in [1.54, 1.807) is 11.2 Å². The van der Waals surface area contributed by atoms with Gasteiger partial charge in [0.25, 0.3) is 5.91 Å². The third-order valence-corrected chi connectivity index (χ3v) is 7.66. The van der Waals surface area contributed by atoms with E-state index >= 15 is 0 Å². The molecule has 0 unspecified atom stereocenters. The van der Waals surface area contributed by atoms with Crippen molar-refractivity contribution in [3.05, 3.63) is 78.2 Å². The number of aromatic nitrogens is 2. The van der Waals surface area contributed by atoms with Crippen molar-refractivity contribution in [3.63, 3.8) is 0 Å². The Labute approximate surface area is 217 Å². The summed E-state index contributed by atoms with van der Waals surface area (Å²) in [6, 6.07) is 19.2. The standard InChI is InChI=1S/C29H34N4O4/c34-27(33-17-16-31(28(35)36)19-24(33)18-22-10-4-1-5-11-22)25-26(23-12-6-2-7-13-23)32(21-30-25)20-29(37)14-8-3-9-15-29/h1-2,4-7,10-13,21,24,37H,3,8-9,14-20H2,(H,35,36)/t24-/m1/s1. The Hall–Kier alpha value is -3.65. The molecule has 2 fully saturated rings. The maximum absolute atomic E-state index is 14.1. The van der Waals surface area contributed by atoms with Crippen molar-refractivity contribution in [1.29, 1.82) is 0 Å². The number of nitrogens with zero attached hydrogens (tertiary/aromatic N) is 4. The largest absolute Gasteiger partial charge is 0.465 e. The Morgan fingerprint density at radius 1 is 0.946 bits per heavy atom. The number of hydrogen-bond donors (Lipinski definition) is 2. The zero-order valence-corrected chi connectivity index (χ0v) is 21.0. The molecule has 2 N–H and O–H groups in total. The molecule has 1 aliphatic carbocycles. The molecule has 1 atom stereocenters. The quantitative estimate of drug-likeness (QED) is 0.524. The monoisotopic (exact) mass is 502 g/mol. The first-order chi connectivity index (χ1) is 17.9. The van der Waals surface area contributed by atoms with Gasteiger partial charge < -0.3 is 24.6 Å². The molecule has 2 amide bonds. The molecule has 0 bridgehead atoms. The summed E-state index contributed by atoms with van der Waals surface area (Å²) in [7, 11) is 0. The average Bonchev–Trinajstić information content (AvgIpc) is 3.32. The van der Waals surface area contributed by atoms with E-state index in [2.05, 4.69) is 4.98 Å². The van der Waals surface area contributed by atoms with Crippen LogP contribution in [0, 0.1) is 0 Å². The Balaban J connectivity index is 1.48. The minimum atomic E-state index is -0.972. The predicted molar refractivity (Wildman–Crippen MR) is 140 cm³/mol. The lowest BCUT2D eigenvalue weighted by Gasteiger charge is -2.40. The summed E-state index contributed by atoms with van der Waals surface area (Å²) in [5.41, 5.74) is 2.14. The van der Waals surface area contributed by atoms with E-state index in [1.165, 1.54) is 4.90 Å². The molecule has 1 aliphatic heterocycles. The van der Waals surface area contributed by atoms with E-state index in [0.717, 1.165) is 43.2 Å². The molecule has 8 nitrogen and oxygen atoms in total. The van der Waals surface area contributed by atoms with E-state index < -0.39 is 11.7 Å². The van der Waals surface area contributed by atoms with Crippen LogP contribution >= 0.6 is 0 Å². The lowest BCUT2D eigenvalue weighted by atomic mass is 9.84. The first-order valence-corrected chi connectivity index (χ1v) is 13.1. The smallest absolute Gasteiger partial charge is 0.407 e. The molecule has 8 heteroatoms. The molecular formula is C29H34N4O4. The number of aliphatic hydroxyl groups is 1. The van der Waals surface area contributed by atoms with Crippen LogP contribution in [-0.2, 0) is 13.0 Å². The average molecular weight is 503 g/mol. The fourth-order valence-corrected chi connectivity index (χ4v) is 5.74. The van der Waals surface area contributed by atoms with E-state index in [0.29, 0.717) is 30.9 Å². The molecule has 1 saturated heterocycles. The van der Waals surface area contributed by atoms with Crippen molar-refractivity contribution in [2.24, 2.45) is 0 Å². The second-order valence-corrected chi connectivity index (χ2v) is 10.3. The maximum atomic E-state index is 14.1.